The number of carbonyl (C=O) groups excluding carboxylic acids is 3. The number of pyridine rings is 1. The molecule has 132 valence electrons. The van der Waals surface area contributed by atoms with Crippen LogP contribution in [0.5, 0.6) is 0 Å². The first-order valence-corrected chi connectivity index (χ1v) is 8.55. The number of fused-ring (bicyclic) bond motifs is 1. The third kappa shape index (κ3) is 2.81. The minimum Gasteiger partial charge on any atom is -0.349 e. The van der Waals surface area contributed by atoms with E-state index in [2.05, 4.69) is 10.3 Å². The van der Waals surface area contributed by atoms with Gasteiger partial charge in [0.1, 0.15) is 6.04 Å². The van der Waals surface area contributed by atoms with Gasteiger partial charge in [0.25, 0.3) is 11.8 Å². The van der Waals surface area contributed by atoms with E-state index in [1.165, 1.54) is 11.1 Å². The van der Waals surface area contributed by atoms with Gasteiger partial charge in [-0.25, -0.2) is 9.69 Å². The molecule has 4 rings (SSSR count). The standard InChI is InChI=1S/C19H18N4O3/c24-17(13-5-4-9-20-12-13)21-14-8-10-22-16(11-14)18(25)23(19(22)26)15-6-2-1-3-7-15/h1-7,9,12,14,16H,8,10-11H2,(H,21,24)/t14-,16+/m0/s1. The molecule has 1 aromatic carbocycles. The maximum Gasteiger partial charge on any atom is 0.332 e. The number of piperidine rings is 1. The Balaban J connectivity index is 1.48. The summed E-state index contributed by atoms with van der Waals surface area (Å²) in [5.41, 5.74) is 1.06. The smallest absolute Gasteiger partial charge is 0.332 e. The van der Waals surface area contributed by atoms with Crippen molar-refractivity contribution in [3.63, 3.8) is 0 Å². The monoisotopic (exact) mass is 350 g/mol. The van der Waals surface area contributed by atoms with E-state index < -0.39 is 6.04 Å². The largest absolute Gasteiger partial charge is 0.349 e. The number of anilines is 1. The highest BCUT2D eigenvalue weighted by atomic mass is 16.2. The summed E-state index contributed by atoms with van der Waals surface area (Å²) < 4.78 is 0. The van der Waals surface area contributed by atoms with Crippen molar-refractivity contribution in [2.45, 2.75) is 24.9 Å². The van der Waals surface area contributed by atoms with Gasteiger partial charge in [0, 0.05) is 25.0 Å². The van der Waals surface area contributed by atoms with Crippen LogP contribution in [0, 0.1) is 0 Å². The maximum atomic E-state index is 12.8. The number of benzene rings is 1. The lowest BCUT2D eigenvalue weighted by Gasteiger charge is -2.32. The normalized spacial score (nSPS) is 22.3. The Labute approximate surface area is 150 Å². The topological polar surface area (TPSA) is 82.6 Å². The lowest BCUT2D eigenvalue weighted by Crippen LogP contribution is -2.49. The van der Waals surface area contributed by atoms with Crippen molar-refractivity contribution in [2.75, 3.05) is 11.4 Å². The van der Waals surface area contributed by atoms with Gasteiger partial charge >= 0.3 is 6.03 Å². The van der Waals surface area contributed by atoms with Gasteiger partial charge in [0.15, 0.2) is 0 Å². The Morgan fingerprint density at radius 2 is 1.92 bits per heavy atom. The number of nitrogens with one attached hydrogen (secondary N) is 1. The number of urea groups is 1. The fourth-order valence-corrected chi connectivity index (χ4v) is 3.51. The summed E-state index contributed by atoms with van der Waals surface area (Å²) >= 11 is 0. The number of imide groups is 1. The van der Waals surface area contributed by atoms with E-state index >= 15 is 0 Å². The molecule has 0 spiro atoms. The van der Waals surface area contributed by atoms with Crippen LogP contribution in [0.2, 0.25) is 0 Å². The third-order valence-electron chi connectivity index (χ3n) is 4.82. The fourth-order valence-electron chi connectivity index (χ4n) is 3.51. The second-order valence-corrected chi connectivity index (χ2v) is 6.44. The van der Waals surface area contributed by atoms with Crippen LogP contribution in [0.25, 0.3) is 0 Å². The molecule has 2 saturated heterocycles. The molecule has 0 unspecified atom stereocenters. The van der Waals surface area contributed by atoms with Gasteiger partial charge < -0.3 is 10.2 Å². The molecule has 0 aliphatic carbocycles. The van der Waals surface area contributed by atoms with Crippen LogP contribution in [-0.4, -0.2) is 46.4 Å². The summed E-state index contributed by atoms with van der Waals surface area (Å²) in [6.07, 6.45) is 4.14. The molecule has 3 heterocycles. The minimum atomic E-state index is -0.532. The Kier molecular flexibility index (Phi) is 4.12. The number of hydrogen-bond acceptors (Lipinski definition) is 4. The van der Waals surface area contributed by atoms with Crippen LogP contribution < -0.4 is 10.2 Å². The molecule has 2 fully saturated rings. The van der Waals surface area contributed by atoms with Crippen LogP contribution in [-0.2, 0) is 4.79 Å². The predicted molar refractivity (Wildman–Crippen MR) is 94.5 cm³/mol. The Bertz CT molecular complexity index is 840. The van der Waals surface area contributed by atoms with Crippen molar-refractivity contribution in [1.82, 2.24) is 15.2 Å². The zero-order valence-corrected chi connectivity index (χ0v) is 14.0. The van der Waals surface area contributed by atoms with E-state index in [1.54, 1.807) is 47.5 Å². The molecule has 7 nitrogen and oxygen atoms in total. The molecule has 0 bridgehead atoms. The first-order chi connectivity index (χ1) is 12.6. The van der Waals surface area contributed by atoms with Crippen molar-refractivity contribution < 1.29 is 14.4 Å². The van der Waals surface area contributed by atoms with E-state index in [-0.39, 0.29) is 23.9 Å². The van der Waals surface area contributed by atoms with Crippen LogP contribution in [0.3, 0.4) is 0 Å². The molecule has 1 N–H and O–H groups in total. The van der Waals surface area contributed by atoms with Gasteiger partial charge in [-0.2, -0.15) is 0 Å². The van der Waals surface area contributed by atoms with Crippen molar-refractivity contribution in [3.05, 3.63) is 60.4 Å². The second-order valence-electron chi connectivity index (χ2n) is 6.44. The Morgan fingerprint density at radius 1 is 1.12 bits per heavy atom. The highest BCUT2D eigenvalue weighted by molar-refractivity contribution is 6.21. The summed E-state index contributed by atoms with van der Waals surface area (Å²) in [6, 6.07) is 11.3. The van der Waals surface area contributed by atoms with Crippen molar-refractivity contribution >= 4 is 23.5 Å². The molecule has 2 aliphatic rings. The molecule has 0 saturated carbocycles. The lowest BCUT2D eigenvalue weighted by atomic mass is 9.97. The molecular weight excluding hydrogens is 332 g/mol. The highest BCUT2D eigenvalue weighted by Crippen LogP contribution is 2.30. The molecule has 1 aromatic heterocycles. The summed E-state index contributed by atoms with van der Waals surface area (Å²) in [6.45, 7) is 0.441. The van der Waals surface area contributed by atoms with Gasteiger partial charge in [-0.15, -0.1) is 0 Å². The summed E-state index contributed by atoms with van der Waals surface area (Å²) in [7, 11) is 0. The molecule has 0 radical (unpaired) electrons. The molecule has 2 atom stereocenters. The van der Waals surface area contributed by atoms with E-state index in [0.717, 1.165) is 0 Å². The Morgan fingerprint density at radius 3 is 2.65 bits per heavy atom. The minimum absolute atomic E-state index is 0.156. The van der Waals surface area contributed by atoms with Crippen LogP contribution >= 0.6 is 0 Å². The average Bonchev–Trinajstić information content (AvgIpc) is 2.93. The van der Waals surface area contributed by atoms with E-state index in [0.29, 0.717) is 30.6 Å². The van der Waals surface area contributed by atoms with E-state index in [9.17, 15) is 14.4 Å². The van der Waals surface area contributed by atoms with Gasteiger partial charge in [0.2, 0.25) is 0 Å². The molecule has 2 aliphatic heterocycles. The first kappa shape index (κ1) is 16.3. The fraction of sp³-hybridized carbons (Fsp3) is 0.263. The quantitative estimate of drug-likeness (QED) is 0.856. The van der Waals surface area contributed by atoms with Gasteiger partial charge in [-0.05, 0) is 37.1 Å². The van der Waals surface area contributed by atoms with Gasteiger partial charge in [0.05, 0.1) is 11.3 Å². The van der Waals surface area contributed by atoms with E-state index in [4.69, 9.17) is 0 Å². The van der Waals surface area contributed by atoms with Crippen LogP contribution in [0.1, 0.15) is 23.2 Å². The predicted octanol–water partition coefficient (Wildman–Crippen LogP) is 1.81. The zero-order chi connectivity index (χ0) is 18.1. The van der Waals surface area contributed by atoms with Crippen LogP contribution in [0.4, 0.5) is 10.5 Å². The summed E-state index contributed by atoms with van der Waals surface area (Å²) in [5, 5.41) is 2.95. The molecule has 26 heavy (non-hydrogen) atoms. The number of nitrogens with zero attached hydrogens (tertiary/aromatic N) is 3. The number of rotatable bonds is 3. The van der Waals surface area contributed by atoms with Gasteiger partial charge in [-0.1, -0.05) is 18.2 Å². The number of aromatic nitrogens is 1. The van der Waals surface area contributed by atoms with E-state index in [1.807, 2.05) is 6.07 Å². The summed E-state index contributed by atoms with van der Waals surface area (Å²) in [4.78, 5) is 44.5. The number of carbonyl (C=O) groups is 3. The Hall–Kier alpha value is -3.22. The summed E-state index contributed by atoms with van der Waals surface area (Å²) in [5.74, 6) is -0.449. The lowest BCUT2D eigenvalue weighted by molar-refractivity contribution is -0.120. The third-order valence-corrected chi connectivity index (χ3v) is 4.82. The first-order valence-electron chi connectivity index (χ1n) is 8.55. The van der Waals surface area contributed by atoms with Crippen molar-refractivity contribution in [2.24, 2.45) is 0 Å². The molecule has 4 amide bonds. The molecule has 2 aromatic rings. The van der Waals surface area contributed by atoms with Gasteiger partial charge in [-0.3, -0.25) is 14.6 Å². The highest BCUT2D eigenvalue weighted by Gasteiger charge is 2.48. The number of para-hydroxylation sites is 1. The molecular formula is C19H18N4O3. The SMILES string of the molecule is O=C(N[C@H]1CCN2C(=O)N(c3ccccc3)C(=O)[C@H]2C1)c1cccnc1. The second kappa shape index (κ2) is 6.59. The number of amides is 4. The maximum absolute atomic E-state index is 12.8. The average molecular weight is 350 g/mol. The zero-order valence-electron chi connectivity index (χ0n) is 14.0. The van der Waals surface area contributed by atoms with Crippen LogP contribution in [0.15, 0.2) is 54.9 Å². The number of hydrogen-bond donors (Lipinski definition) is 1. The molecule has 7 heteroatoms. The van der Waals surface area contributed by atoms with Crippen molar-refractivity contribution in [1.29, 1.82) is 0 Å². The van der Waals surface area contributed by atoms with Crippen molar-refractivity contribution in [3.8, 4) is 0 Å².